The number of rotatable bonds is 6. The Hall–Kier alpha value is -2.23. The predicted octanol–water partition coefficient (Wildman–Crippen LogP) is 6.12. The molecule has 1 unspecified atom stereocenters. The molecule has 2 aromatic carbocycles. The van der Waals surface area contributed by atoms with Gasteiger partial charge in [-0.15, -0.1) is 0 Å². The van der Waals surface area contributed by atoms with E-state index in [4.69, 9.17) is 9.84 Å². The molecule has 0 heterocycles. The molecule has 3 rings (SSSR count). The minimum atomic E-state index is -0.775. The van der Waals surface area contributed by atoms with Crippen molar-refractivity contribution in [1.29, 1.82) is 0 Å². The maximum atomic E-state index is 11.0. The van der Waals surface area contributed by atoms with E-state index in [0.29, 0.717) is 11.5 Å². The maximum Gasteiger partial charge on any atom is 0.305 e. The van der Waals surface area contributed by atoms with Gasteiger partial charge in [-0.3, -0.25) is 4.79 Å². The highest BCUT2D eigenvalue weighted by molar-refractivity contribution is 5.87. The monoisotopic (exact) mass is 397 g/mol. The molecule has 0 saturated heterocycles. The average molecular weight is 398 g/mol. The van der Waals surface area contributed by atoms with Crippen LogP contribution in [0.15, 0.2) is 36.4 Å². The van der Waals surface area contributed by atoms with Gasteiger partial charge in [-0.05, 0) is 79.0 Å². The highest BCUT2D eigenvalue weighted by Crippen LogP contribution is 2.39. The lowest BCUT2D eigenvalue weighted by Crippen LogP contribution is -2.30. The Morgan fingerprint density at radius 3 is 2.34 bits per heavy atom. The largest absolute Gasteiger partial charge is 0.490 e. The lowest BCUT2D eigenvalue weighted by atomic mass is 9.72. The van der Waals surface area contributed by atoms with E-state index in [1.807, 2.05) is 18.9 Å². The summed E-state index contributed by atoms with van der Waals surface area (Å²) in [5.74, 6) is 0.957. The summed E-state index contributed by atoms with van der Waals surface area (Å²) in [6.45, 7) is 8.96. The molecule has 1 saturated carbocycles. The first-order valence-electron chi connectivity index (χ1n) is 10.8. The second kappa shape index (κ2) is 8.64. The number of carbonyl (C=O) groups is 1. The van der Waals surface area contributed by atoms with Crippen LogP contribution < -0.4 is 9.64 Å². The van der Waals surface area contributed by atoms with Crippen molar-refractivity contribution in [2.75, 3.05) is 11.9 Å². The lowest BCUT2D eigenvalue weighted by Gasteiger charge is -2.37. The zero-order valence-corrected chi connectivity index (χ0v) is 18.4. The average Bonchev–Trinajstić information content (AvgIpc) is 2.66. The van der Waals surface area contributed by atoms with Gasteiger partial charge < -0.3 is 14.7 Å². The Balaban J connectivity index is 1.66. The maximum absolute atomic E-state index is 11.0. The van der Waals surface area contributed by atoms with E-state index in [-0.39, 0.29) is 12.5 Å². The van der Waals surface area contributed by atoms with Gasteiger partial charge in [0.05, 0.1) is 12.5 Å². The van der Waals surface area contributed by atoms with Crippen LogP contribution in [0.5, 0.6) is 5.75 Å². The van der Waals surface area contributed by atoms with E-state index in [9.17, 15) is 4.79 Å². The number of carboxylic acid groups (broad SMARTS) is 1. The van der Waals surface area contributed by atoms with E-state index < -0.39 is 5.97 Å². The van der Waals surface area contributed by atoms with Gasteiger partial charge >= 0.3 is 5.97 Å². The van der Waals surface area contributed by atoms with Crippen molar-refractivity contribution < 1.29 is 14.6 Å². The first-order chi connectivity index (χ1) is 13.6. The summed E-state index contributed by atoms with van der Waals surface area (Å²) < 4.78 is 6.31. The van der Waals surface area contributed by atoms with Gasteiger partial charge in [0.1, 0.15) is 5.75 Å². The molecule has 1 aliphatic rings. The number of carboxylic acids is 1. The van der Waals surface area contributed by atoms with Crippen LogP contribution >= 0.6 is 0 Å². The molecular formula is C25H35NO3. The summed E-state index contributed by atoms with van der Waals surface area (Å²) in [7, 11) is 1.94. The van der Waals surface area contributed by atoms with Gasteiger partial charge in [0.25, 0.3) is 0 Å². The molecular weight excluding hydrogens is 362 g/mol. The minimum absolute atomic E-state index is 0.0595. The quantitative estimate of drug-likeness (QED) is 0.638. The number of anilines is 1. The molecule has 0 radical (unpaired) electrons. The molecule has 0 aliphatic heterocycles. The summed E-state index contributed by atoms with van der Waals surface area (Å²) >= 11 is 0. The third-order valence-electron chi connectivity index (χ3n) is 6.54. The number of aliphatic carboxylic acids is 1. The van der Waals surface area contributed by atoms with Crippen LogP contribution in [-0.4, -0.2) is 30.3 Å². The molecule has 1 atom stereocenters. The highest BCUT2D eigenvalue weighted by atomic mass is 16.5. The standard InChI is InChI=1S/C25H35NO3/c1-17(14-24(27)28)26(5)21-10-6-19-16-23(11-7-18(19)15-21)29-22-12-8-20(9-13-22)25(2,3)4/h6-7,10-11,15-17,20,22H,8-9,12-14H2,1-5H3,(H,27,28)/t17?,20-,22-. The lowest BCUT2D eigenvalue weighted by molar-refractivity contribution is -0.137. The third kappa shape index (κ3) is 5.43. The summed E-state index contributed by atoms with van der Waals surface area (Å²) in [5, 5.41) is 11.3. The molecule has 0 aromatic heterocycles. The molecule has 0 amide bonds. The molecule has 1 N–H and O–H groups in total. The van der Waals surface area contributed by atoms with Crippen LogP contribution in [0.3, 0.4) is 0 Å². The first-order valence-corrected chi connectivity index (χ1v) is 10.8. The van der Waals surface area contributed by atoms with Gasteiger partial charge in [-0.2, -0.15) is 0 Å². The number of hydrogen-bond acceptors (Lipinski definition) is 3. The third-order valence-corrected chi connectivity index (χ3v) is 6.54. The van der Waals surface area contributed by atoms with E-state index in [0.717, 1.165) is 41.0 Å². The highest BCUT2D eigenvalue weighted by Gasteiger charge is 2.30. The van der Waals surface area contributed by atoms with Crippen molar-refractivity contribution in [3.63, 3.8) is 0 Å². The fraction of sp³-hybridized carbons (Fsp3) is 0.560. The fourth-order valence-electron chi connectivity index (χ4n) is 4.39. The summed E-state index contributed by atoms with van der Waals surface area (Å²) in [4.78, 5) is 13.0. The van der Waals surface area contributed by atoms with E-state index in [1.54, 1.807) is 0 Å². The summed E-state index contributed by atoms with van der Waals surface area (Å²) in [6, 6.07) is 12.5. The summed E-state index contributed by atoms with van der Waals surface area (Å²) in [5.41, 5.74) is 1.42. The second-order valence-corrected chi connectivity index (χ2v) is 9.71. The van der Waals surface area contributed by atoms with Crippen LogP contribution in [0.4, 0.5) is 5.69 Å². The normalized spacial score (nSPS) is 21.0. The molecule has 2 aromatic rings. The van der Waals surface area contributed by atoms with E-state index in [1.165, 1.54) is 12.8 Å². The molecule has 1 fully saturated rings. The molecule has 29 heavy (non-hydrogen) atoms. The summed E-state index contributed by atoms with van der Waals surface area (Å²) in [6.07, 6.45) is 5.18. The molecule has 4 nitrogen and oxygen atoms in total. The van der Waals surface area contributed by atoms with Crippen LogP contribution in [-0.2, 0) is 4.79 Å². The Morgan fingerprint density at radius 1 is 1.10 bits per heavy atom. The van der Waals surface area contributed by atoms with E-state index >= 15 is 0 Å². The fourth-order valence-corrected chi connectivity index (χ4v) is 4.39. The number of nitrogens with zero attached hydrogens (tertiary/aromatic N) is 1. The number of ether oxygens (including phenoxy) is 1. The number of benzene rings is 2. The van der Waals surface area contributed by atoms with Crippen LogP contribution in [0.2, 0.25) is 0 Å². The van der Waals surface area contributed by atoms with E-state index in [2.05, 4.69) is 57.2 Å². The van der Waals surface area contributed by atoms with Crippen molar-refractivity contribution in [2.24, 2.45) is 11.3 Å². The van der Waals surface area contributed by atoms with Crippen molar-refractivity contribution >= 4 is 22.4 Å². The van der Waals surface area contributed by atoms with Crippen LogP contribution in [0.1, 0.15) is 59.8 Å². The second-order valence-electron chi connectivity index (χ2n) is 9.71. The van der Waals surface area contributed by atoms with Gasteiger partial charge in [-0.25, -0.2) is 0 Å². The van der Waals surface area contributed by atoms with Crippen molar-refractivity contribution in [3.8, 4) is 5.75 Å². The van der Waals surface area contributed by atoms with Crippen molar-refractivity contribution in [2.45, 2.75) is 71.9 Å². The Labute approximate surface area is 174 Å². The zero-order chi connectivity index (χ0) is 21.2. The zero-order valence-electron chi connectivity index (χ0n) is 18.4. The Bertz CT molecular complexity index is 847. The molecule has 0 bridgehead atoms. The number of fused-ring (bicyclic) bond motifs is 1. The Morgan fingerprint density at radius 2 is 1.72 bits per heavy atom. The SMILES string of the molecule is CC(CC(=O)O)N(C)c1ccc2cc(O[C@H]3CC[C@H](C(C)(C)C)CC3)ccc2c1. The van der Waals surface area contributed by atoms with Crippen molar-refractivity contribution in [3.05, 3.63) is 36.4 Å². The van der Waals surface area contributed by atoms with Crippen molar-refractivity contribution in [1.82, 2.24) is 0 Å². The van der Waals surface area contributed by atoms with Gasteiger partial charge in [0.2, 0.25) is 0 Å². The number of hydrogen-bond donors (Lipinski definition) is 1. The first kappa shape index (κ1) is 21.5. The Kier molecular flexibility index (Phi) is 6.40. The van der Waals surface area contributed by atoms with Gasteiger partial charge in [0, 0.05) is 18.8 Å². The minimum Gasteiger partial charge on any atom is -0.490 e. The van der Waals surface area contributed by atoms with Crippen LogP contribution in [0, 0.1) is 11.3 Å². The van der Waals surface area contributed by atoms with Crippen LogP contribution in [0.25, 0.3) is 10.8 Å². The smallest absolute Gasteiger partial charge is 0.305 e. The molecule has 0 spiro atoms. The molecule has 1 aliphatic carbocycles. The molecule has 4 heteroatoms. The van der Waals surface area contributed by atoms with Gasteiger partial charge in [0.15, 0.2) is 0 Å². The van der Waals surface area contributed by atoms with Gasteiger partial charge in [-0.1, -0.05) is 32.9 Å². The topological polar surface area (TPSA) is 49.8 Å². The predicted molar refractivity (Wildman–Crippen MR) is 120 cm³/mol. The molecule has 158 valence electrons.